The van der Waals surface area contributed by atoms with E-state index in [1.807, 2.05) is 75.8 Å². The van der Waals surface area contributed by atoms with Crippen molar-refractivity contribution >= 4 is 5.91 Å². The van der Waals surface area contributed by atoms with Gasteiger partial charge in [0.2, 0.25) is 0 Å². The normalized spacial score (nSPS) is 22.8. The highest BCUT2D eigenvalue weighted by Gasteiger charge is 2.42. The zero-order valence-electron chi connectivity index (χ0n) is 24.2. The SMILES string of the molecule is Cn1ccnc1COCC1(O)CCCCC1n1cnc(C(=O)N2CCNC[C@H]2Cc2ccccc2)c1-c1ccccc1. The number of aromatic nitrogens is 4. The van der Waals surface area contributed by atoms with Gasteiger partial charge in [-0.25, -0.2) is 9.97 Å². The number of carbonyl (C=O) groups excluding carboxylic acids is 1. The van der Waals surface area contributed by atoms with Gasteiger partial charge in [0.1, 0.15) is 18.0 Å². The third-order valence-corrected chi connectivity index (χ3v) is 8.77. The number of piperazine rings is 1. The molecule has 2 aromatic heterocycles. The number of ether oxygens (including phenoxy) is 1. The lowest BCUT2D eigenvalue weighted by molar-refractivity contribution is -0.104. The zero-order chi connectivity index (χ0) is 28.9. The van der Waals surface area contributed by atoms with E-state index >= 15 is 0 Å². The van der Waals surface area contributed by atoms with Crippen LogP contribution in [0.3, 0.4) is 0 Å². The molecule has 0 bridgehead atoms. The molecule has 2 aliphatic rings. The molecule has 1 saturated heterocycles. The molecule has 2 N–H and O–H groups in total. The lowest BCUT2D eigenvalue weighted by Gasteiger charge is -2.41. The minimum absolute atomic E-state index is 0.0218. The summed E-state index contributed by atoms with van der Waals surface area (Å²) in [6.45, 7) is 2.60. The molecule has 1 aliphatic carbocycles. The predicted octanol–water partition coefficient (Wildman–Crippen LogP) is 4.00. The van der Waals surface area contributed by atoms with E-state index in [4.69, 9.17) is 9.72 Å². The van der Waals surface area contributed by atoms with Crippen molar-refractivity contribution in [1.29, 1.82) is 0 Å². The number of carbonyl (C=O) groups is 1. The van der Waals surface area contributed by atoms with Crippen molar-refractivity contribution in [3.8, 4) is 11.3 Å². The Morgan fingerprint density at radius 1 is 1.10 bits per heavy atom. The highest BCUT2D eigenvalue weighted by atomic mass is 16.5. The Hall–Kier alpha value is -3.79. The van der Waals surface area contributed by atoms with Gasteiger partial charge in [-0.05, 0) is 24.8 Å². The van der Waals surface area contributed by atoms with Gasteiger partial charge in [0.05, 0.1) is 24.7 Å². The van der Waals surface area contributed by atoms with Crippen LogP contribution in [0.5, 0.6) is 0 Å². The summed E-state index contributed by atoms with van der Waals surface area (Å²) in [6.07, 6.45) is 9.45. The topological polar surface area (TPSA) is 97.4 Å². The van der Waals surface area contributed by atoms with Crippen molar-refractivity contribution < 1.29 is 14.6 Å². The Balaban J connectivity index is 1.31. The lowest BCUT2D eigenvalue weighted by Crippen LogP contribution is -2.54. The summed E-state index contributed by atoms with van der Waals surface area (Å²) < 4.78 is 10.0. The molecule has 2 aromatic carbocycles. The fraction of sp³-hybridized carbons (Fsp3) is 0.424. The van der Waals surface area contributed by atoms with Gasteiger partial charge >= 0.3 is 0 Å². The maximum absolute atomic E-state index is 14.3. The first-order chi connectivity index (χ1) is 20.5. The summed E-state index contributed by atoms with van der Waals surface area (Å²) in [5.74, 6) is 0.743. The Morgan fingerprint density at radius 2 is 1.88 bits per heavy atom. The first kappa shape index (κ1) is 28.3. The van der Waals surface area contributed by atoms with Crippen LogP contribution in [0.2, 0.25) is 0 Å². The van der Waals surface area contributed by atoms with Gasteiger partial charge in [-0.2, -0.15) is 0 Å². The Kier molecular flexibility index (Phi) is 8.51. The number of hydrogen-bond acceptors (Lipinski definition) is 6. The van der Waals surface area contributed by atoms with Crippen molar-refractivity contribution in [3.63, 3.8) is 0 Å². The molecule has 1 saturated carbocycles. The quantitative estimate of drug-likeness (QED) is 0.317. The van der Waals surface area contributed by atoms with E-state index < -0.39 is 5.60 Å². The van der Waals surface area contributed by atoms with Crippen molar-refractivity contribution in [2.45, 2.75) is 56.4 Å². The van der Waals surface area contributed by atoms with Crippen molar-refractivity contribution in [2.75, 3.05) is 26.2 Å². The van der Waals surface area contributed by atoms with Gasteiger partial charge in [-0.15, -0.1) is 0 Å². The first-order valence-electron chi connectivity index (χ1n) is 15.0. The molecule has 9 heteroatoms. The number of aliphatic hydroxyl groups is 1. The van der Waals surface area contributed by atoms with Gasteiger partial charge in [0, 0.05) is 50.7 Å². The van der Waals surface area contributed by atoms with E-state index in [2.05, 4.69) is 22.4 Å². The zero-order valence-corrected chi connectivity index (χ0v) is 24.2. The first-order valence-corrected chi connectivity index (χ1v) is 15.0. The number of nitrogens with one attached hydrogen (secondary N) is 1. The molecular weight excluding hydrogens is 528 g/mol. The summed E-state index contributed by atoms with van der Waals surface area (Å²) in [5, 5.41) is 15.5. The molecule has 42 heavy (non-hydrogen) atoms. The van der Waals surface area contributed by atoms with Gasteiger partial charge in [0.25, 0.3) is 5.91 Å². The summed E-state index contributed by atoms with van der Waals surface area (Å²) in [6, 6.07) is 20.0. The van der Waals surface area contributed by atoms with Crippen LogP contribution in [0.25, 0.3) is 11.3 Å². The number of nitrogens with zero attached hydrogens (tertiary/aromatic N) is 5. The Morgan fingerprint density at radius 3 is 2.64 bits per heavy atom. The molecule has 9 nitrogen and oxygen atoms in total. The van der Waals surface area contributed by atoms with Crippen molar-refractivity contribution in [1.82, 2.24) is 29.3 Å². The fourth-order valence-corrected chi connectivity index (χ4v) is 6.49. The third kappa shape index (κ3) is 5.90. The number of benzene rings is 2. The second-order valence-corrected chi connectivity index (χ2v) is 11.6. The third-order valence-electron chi connectivity index (χ3n) is 8.77. The average molecular weight is 569 g/mol. The predicted molar refractivity (Wildman–Crippen MR) is 161 cm³/mol. The molecule has 3 atom stereocenters. The molecule has 2 fully saturated rings. The number of rotatable bonds is 9. The maximum atomic E-state index is 14.3. The number of hydrogen-bond donors (Lipinski definition) is 2. The van der Waals surface area contributed by atoms with Crippen LogP contribution in [0.15, 0.2) is 79.4 Å². The summed E-state index contributed by atoms with van der Waals surface area (Å²) in [5.41, 5.74) is 2.21. The average Bonchev–Trinajstić information content (AvgIpc) is 3.64. The van der Waals surface area contributed by atoms with Gasteiger partial charge in [-0.3, -0.25) is 4.79 Å². The molecule has 6 rings (SSSR count). The van der Waals surface area contributed by atoms with Crippen LogP contribution in [0, 0.1) is 0 Å². The molecule has 1 amide bonds. The summed E-state index contributed by atoms with van der Waals surface area (Å²) in [4.78, 5) is 25.4. The van der Waals surface area contributed by atoms with E-state index in [9.17, 15) is 9.90 Å². The van der Waals surface area contributed by atoms with E-state index in [1.165, 1.54) is 5.56 Å². The number of imidazole rings is 2. The molecule has 2 unspecified atom stereocenters. The highest BCUT2D eigenvalue weighted by molar-refractivity contribution is 5.98. The van der Waals surface area contributed by atoms with Crippen LogP contribution in [0.1, 0.15) is 53.6 Å². The molecule has 1 aliphatic heterocycles. The fourth-order valence-electron chi connectivity index (χ4n) is 6.49. The van der Waals surface area contributed by atoms with E-state index in [-0.39, 0.29) is 24.6 Å². The van der Waals surface area contributed by atoms with Gasteiger partial charge in [0.15, 0.2) is 5.69 Å². The highest BCUT2D eigenvalue weighted by Crippen LogP contribution is 2.41. The molecule has 4 aromatic rings. The summed E-state index contributed by atoms with van der Waals surface area (Å²) in [7, 11) is 1.93. The minimum atomic E-state index is -1.10. The largest absolute Gasteiger partial charge is 0.385 e. The van der Waals surface area contributed by atoms with Gasteiger partial charge in [-0.1, -0.05) is 73.5 Å². The summed E-state index contributed by atoms with van der Waals surface area (Å²) >= 11 is 0. The van der Waals surface area contributed by atoms with E-state index in [0.717, 1.165) is 55.9 Å². The lowest BCUT2D eigenvalue weighted by atomic mass is 9.80. The van der Waals surface area contributed by atoms with Crippen molar-refractivity contribution in [2.24, 2.45) is 7.05 Å². The molecule has 0 spiro atoms. The Labute approximate surface area is 247 Å². The van der Waals surface area contributed by atoms with Crippen LogP contribution in [-0.2, 0) is 24.8 Å². The number of aryl methyl sites for hydroxylation is 1. The van der Waals surface area contributed by atoms with Crippen LogP contribution < -0.4 is 5.32 Å². The molecule has 220 valence electrons. The molecular formula is C33H40N6O3. The van der Waals surface area contributed by atoms with Crippen LogP contribution in [-0.4, -0.2) is 72.9 Å². The van der Waals surface area contributed by atoms with Gasteiger partial charge < -0.3 is 29.2 Å². The second-order valence-electron chi connectivity index (χ2n) is 11.6. The van der Waals surface area contributed by atoms with E-state index in [0.29, 0.717) is 25.3 Å². The standard InChI is InChI=1S/C33H40N6O3/c1-37-18-17-35-29(37)22-42-23-33(41)15-9-8-14-28(33)39-24-36-30(31(39)26-12-6-3-7-13-26)32(40)38-19-16-34-21-27(38)20-25-10-4-2-5-11-25/h2-7,10-13,17-18,24,27-28,34,41H,8-9,14-16,19-23H2,1H3/t27-,28?,33?/m1/s1. The second kappa shape index (κ2) is 12.6. The number of amides is 1. The van der Waals surface area contributed by atoms with E-state index in [1.54, 1.807) is 12.5 Å². The van der Waals surface area contributed by atoms with Crippen LogP contribution in [0.4, 0.5) is 0 Å². The Bertz CT molecular complexity index is 1470. The smallest absolute Gasteiger partial charge is 0.275 e. The minimum Gasteiger partial charge on any atom is -0.385 e. The maximum Gasteiger partial charge on any atom is 0.275 e. The molecule has 0 radical (unpaired) electrons. The molecule has 3 heterocycles. The van der Waals surface area contributed by atoms with Crippen LogP contribution >= 0.6 is 0 Å². The monoisotopic (exact) mass is 568 g/mol. The van der Waals surface area contributed by atoms with Crippen molar-refractivity contribution in [3.05, 3.63) is 96.5 Å².